The van der Waals surface area contributed by atoms with E-state index in [1.807, 2.05) is 0 Å². The summed E-state index contributed by atoms with van der Waals surface area (Å²) < 4.78 is 47.3. The molecule has 1 fully saturated rings. The van der Waals surface area contributed by atoms with E-state index in [1.165, 1.54) is 14.2 Å². The topological polar surface area (TPSA) is 21.7 Å². The number of rotatable bonds is 4. The number of hydrogen-bond donors (Lipinski definition) is 0. The second-order valence-corrected chi connectivity index (χ2v) is 4.88. The molecule has 1 aliphatic heterocycles. The van der Waals surface area contributed by atoms with Gasteiger partial charge in [0.15, 0.2) is 0 Å². The standard InChI is InChI=1S/C9H15BrF3NO2/c1-15-6-3-14(4-7(6)16-2)5-8(10)9(11,12)13/h6-8H,3-5H2,1-2H3. The normalized spacial score (nSPS) is 29.6. The fourth-order valence-corrected chi connectivity index (χ4v) is 2.16. The molecule has 0 aromatic carbocycles. The van der Waals surface area contributed by atoms with Crippen LogP contribution in [0.25, 0.3) is 0 Å². The van der Waals surface area contributed by atoms with E-state index in [9.17, 15) is 13.2 Å². The summed E-state index contributed by atoms with van der Waals surface area (Å²) in [4.78, 5) is 0.183. The first-order valence-electron chi connectivity index (χ1n) is 4.87. The number of halogens is 4. The molecule has 16 heavy (non-hydrogen) atoms. The Labute approximate surface area is 101 Å². The summed E-state index contributed by atoms with van der Waals surface area (Å²) in [7, 11) is 3.07. The molecule has 0 aromatic rings. The minimum Gasteiger partial charge on any atom is -0.377 e. The third-order valence-electron chi connectivity index (χ3n) is 2.67. The van der Waals surface area contributed by atoms with Crippen molar-refractivity contribution >= 4 is 15.9 Å². The number of alkyl halides is 4. The molecule has 3 unspecified atom stereocenters. The lowest BCUT2D eigenvalue weighted by Crippen LogP contribution is -2.36. The Balaban J connectivity index is 2.46. The van der Waals surface area contributed by atoms with E-state index in [4.69, 9.17) is 9.47 Å². The number of methoxy groups -OCH3 is 2. The minimum atomic E-state index is -4.21. The fraction of sp³-hybridized carbons (Fsp3) is 1.00. The van der Waals surface area contributed by atoms with Crippen LogP contribution in [-0.2, 0) is 9.47 Å². The van der Waals surface area contributed by atoms with E-state index in [1.54, 1.807) is 4.90 Å². The van der Waals surface area contributed by atoms with Gasteiger partial charge >= 0.3 is 6.18 Å². The van der Waals surface area contributed by atoms with Crippen LogP contribution in [0.1, 0.15) is 0 Å². The number of ether oxygens (including phenoxy) is 2. The van der Waals surface area contributed by atoms with Crippen LogP contribution in [0.3, 0.4) is 0 Å². The molecule has 0 amide bonds. The maximum atomic E-state index is 12.3. The predicted octanol–water partition coefficient (Wildman–Crippen LogP) is 1.66. The van der Waals surface area contributed by atoms with Gasteiger partial charge in [0.1, 0.15) is 4.83 Å². The number of likely N-dealkylation sites (tertiary alicyclic amines) is 1. The predicted molar refractivity (Wildman–Crippen MR) is 56.8 cm³/mol. The van der Waals surface area contributed by atoms with Crippen molar-refractivity contribution in [3.05, 3.63) is 0 Å². The Hall–Kier alpha value is 0.150. The molecular weight excluding hydrogens is 291 g/mol. The summed E-state index contributed by atoms with van der Waals surface area (Å²) in [6.45, 7) is 0.851. The molecule has 0 spiro atoms. The third-order valence-corrected chi connectivity index (χ3v) is 3.48. The molecule has 3 nitrogen and oxygen atoms in total. The molecule has 0 aliphatic carbocycles. The van der Waals surface area contributed by atoms with Crippen LogP contribution in [0.15, 0.2) is 0 Å². The van der Waals surface area contributed by atoms with E-state index in [0.717, 1.165) is 0 Å². The Morgan fingerprint density at radius 2 is 1.69 bits per heavy atom. The van der Waals surface area contributed by atoms with E-state index in [2.05, 4.69) is 15.9 Å². The lowest BCUT2D eigenvalue weighted by molar-refractivity contribution is -0.130. The minimum absolute atomic E-state index is 0.0801. The van der Waals surface area contributed by atoms with Gasteiger partial charge in [0.25, 0.3) is 0 Å². The Morgan fingerprint density at radius 1 is 1.25 bits per heavy atom. The molecular formula is C9H15BrF3NO2. The van der Waals surface area contributed by atoms with Gasteiger partial charge in [-0.3, -0.25) is 4.90 Å². The van der Waals surface area contributed by atoms with Crippen LogP contribution in [0.4, 0.5) is 13.2 Å². The SMILES string of the molecule is COC1CN(CC(Br)C(F)(F)F)CC1OC. The van der Waals surface area contributed by atoms with E-state index >= 15 is 0 Å². The van der Waals surface area contributed by atoms with Gasteiger partial charge in [0.05, 0.1) is 12.2 Å². The Morgan fingerprint density at radius 3 is 2.00 bits per heavy atom. The van der Waals surface area contributed by atoms with E-state index in [0.29, 0.717) is 13.1 Å². The van der Waals surface area contributed by atoms with Gasteiger partial charge < -0.3 is 9.47 Å². The number of hydrogen-bond acceptors (Lipinski definition) is 3. The molecule has 0 N–H and O–H groups in total. The molecule has 1 saturated heterocycles. The lowest BCUT2D eigenvalue weighted by Gasteiger charge is -2.21. The smallest absolute Gasteiger partial charge is 0.377 e. The summed E-state index contributed by atoms with van der Waals surface area (Å²) in [6.07, 6.45) is -4.52. The Kier molecular flexibility index (Phi) is 5.03. The lowest BCUT2D eigenvalue weighted by atomic mass is 10.3. The monoisotopic (exact) mass is 305 g/mol. The van der Waals surface area contributed by atoms with Crippen molar-refractivity contribution in [3.8, 4) is 0 Å². The fourth-order valence-electron chi connectivity index (χ4n) is 1.75. The summed E-state index contributed by atoms with van der Waals surface area (Å²) in [6, 6.07) is 0. The molecule has 1 aliphatic rings. The molecule has 0 saturated carbocycles. The van der Waals surface area contributed by atoms with Crippen molar-refractivity contribution in [2.75, 3.05) is 33.9 Å². The second-order valence-electron chi connectivity index (χ2n) is 3.78. The summed E-state index contributed by atoms with van der Waals surface area (Å²) in [5.41, 5.74) is 0. The van der Waals surface area contributed by atoms with Crippen LogP contribution < -0.4 is 0 Å². The van der Waals surface area contributed by atoms with Gasteiger partial charge in [-0.15, -0.1) is 0 Å². The first-order valence-corrected chi connectivity index (χ1v) is 5.78. The van der Waals surface area contributed by atoms with Gasteiger partial charge in [-0.1, -0.05) is 15.9 Å². The van der Waals surface area contributed by atoms with Crippen molar-refractivity contribution in [1.82, 2.24) is 4.90 Å². The largest absolute Gasteiger partial charge is 0.402 e. The van der Waals surface area contributed by atoms with Gasteiger partial charge in [-0.25, -0.2) is 0 Å². The van der Waals surface area contributed by atoms with Crippen molar-refractivity contribution < 1.29 is 22.6 Å². The van der Waals surface area contributed by atoms with Gasteiger partial charge in [-0.2, -0.15) is 13.2 Å². The molecule has 96 valence electrons. The third kappa shape index (κ3) is 3.58. The molecule has 0 radical (unpaired) electrons. The van der Waals surface area contributed by atoms with E-state index in [-0.39, 0.29) is 18.8 Å². The van der Waals surface area contributed by atoms with Crippen LogP contribution in [-0.4, -0.2) is 62.0 Å². The summed E-state index contributed by atoms with van der Waals surface area (Å²) in [5, 5.41) is 0. The zero-order chi connectivity index (χ0) is 12.3. The van der Waals surface area contributed by atoms with Gasteiger partial charge in [0, 0.05) is 33.9 Å². The highest BCUT2D eigenvalue weighted by molar-refractivity contribution is 9.09. The Bertz CT molecular complexity index is 215. The van der Waals surface area contributed by atoms with Gasteiger partial charge in [0.2, 0.25) is 0 Å². The van der Waals surface area contributed by atoms with E-state index < -0.39 is 11.0 Å². The summed E-state index contributed by atoms with van der Waals surface area (Å²) >= 11 is 2.64. The van der Waals surface area contributed by atoms with Crippen molar-refractivity contribution in [1.29, 1.82) is 0 Å². The van der Waals surface area contributed by atoms with Crippen LogP contribution in [0, 0.1) is 0 Å². The molecule has 3 atom stereocenters. The average Bonchev–Trinajstić information content (AvgIpc) is 2.58. The maximum Gasteiger partial charge on any atom is 0.402 e. The first kappa shape index (κ1) is 14.2. The average molecular weight is 306 g/mol. The molecule has 0 aromatic heterocycles. The molecule has 1 rings (SSSR count). The van der Waals surface area contributed by atoms with Crippen LogP contribution in [0.5, 0.6) is 0 Å². The van der Waals surface area contributed by atoms with Crippen LogP contribution >= 0.6 is 15.9 Å². The quantitative estimate of drug-likeness (QED) is 0.737. The van der Waals surface area contributed by atoms with Crippen molar-refractivity contribution in [2.45, 2.75) is 23.2 Å². The first-order chi connectivity index (χ1) is 7.38. The highest BCUT2D eigenvalue weighted by atomic mass is 79.9. The molecule has 0 bridgehead atoms. The maximum absolute atomic E-state index is 12.3. The summed E-state index contributed by atoms with van der Waals surface area (Å²) in [5.74, 6) is 0. The molecule has 1 heterocycles. The highest BCUT2D eigenvalue weighted by Gasteiger charge is 2.41. The highest BCUT2D eigenvalue weighted by Crippen LogP contribution is 2.28. The zero-order valence-corrected chi connectivity index (χ0v) is 10.7. The van der Waals surface area contributed by atoms with Crippen molar-refractivity contribution in [3.63, 3.8) is 0 Å². The van der Waals surface area contributed by atoms with Crippen molar-refractivity contribution in [2.24, 2.45) is 0 Å². The number of nitrogens with zero attached hydrogens (tertiary/aromatic N) is 1. The zero-order valence-electron chi connectivity index (χ0n) is 9.13. The van der Waals surface area contributed by atoms with Gasteiger partial charge in [-0.05, 0) is 0 Å². The molecule has 7 heteroatoms. The second kappa shape index (κ2) is 5.66. The van der Waals surface area contributed by atoms with Crippen LogP contribution in [0.2, 0.25) is 0 Å².